The third-order valence-electron chi connectivity index (χ3n) is 3.78. The number of carbonyl (C=O) groups is 1. The van der Waals surface area contributed by atoms with E-state index in [1.807, 2.05) is 55.5 Å². The highest BCUT2D eigenvalue weighted by atomic mass is 32.2. The van der Waals surface area contributed by atoms with Crippen molar-refractivity contribution in [2.24, 2.45) is 10.2 Å². The molecule has 6 heteroatoms. The fourth-order valence-electron chi connectivity index (χ4n) is 2.34. The molecule has 0 radical (unpaired) electrons. The van der Waals surface area contributed by atoms with Gasteiger partial charge in [0.15, 0.2) is 5.17 Å². The van der Waals surface area contributed by atoms with Gasteiger partial charge in [-0.1, -0.05) is 53.7 Å². The second-order valence-corrected chi connectivity index (χ2v) is 6.60. The molecule has 1 aliphatic rings. The molecule has 128 valence electrons. The Morgan fingerprint density at radius 2 is 1.88 bits per heavy atom. The van der Waals surface area contributed by atoms with Gasteiger partial charge in [-0.05, 0) is 30.2 Å². The molecule has 0 aliphatic carbocycles. The molecule has 1 saturated heterocycles. The lowest BCUT2D eigenvalue weighted by Crippen LogP contribution is -2.28. The van der Waals surface area contributed by atoms with Crippen molar-refractivity contribution in [1.29, 1.82) is 0 Å². The Labute approximate surface area is 151 Å². The Bertz CT molecular complexity index is 798. The summed E-state index contributed by atoms with van der Waals surface area (Å²) in [5.41, 5.74) is 3.20. The van der Waals surface area contributed by atoms with Crippen LogP contribution in [-0.2, 0) is 11.3 Å². The van der Waals surface area contributed by atoms with Gasteiger partial charge >= 0.3 is 0 Å². The molecule has 0 unspecified atom stereocenters. The van der Waals surface area contributed by atoms with Crippen molar-refractivity contribution in [3.63, 3.8) is 0 Å². The highest BCUT2D eigenvalue weighted by Gasteiger charge is 2.28. The number of amides is 1. The predicted octanol–water partition coefficient (Wildman–Crippen LogP) is 3.47. The zero-order chi connectivity index (χ0) is 17.6. The third-order valence-corrected chi connectivity index (χ3v) is 4.74. The summed E-state index contributed by atoms with van der Waals surface area (Å²) in [6.45, 7) is 2.52. The minimum absolute atomic E-state index is 0.0464. The van der Waals surface area contributed by atoms with Gasteiger partial charge in [0.1, 0.15) is 5.75 Å². The van der Waals surface area contributed by atoms with Gasteiger partial charge in [0, 0.05) is 0 Å². The quantitative estimate of drug-likeness (QED) is 0.611. The largest absolute Gasteiger partial charge is 0.497 e. The third kappa shape index (κ3) is 4.48. The topological polar surface area (TPSA) is 54.3 Å². The minimum atomic E-state index is 0.0464. The van der Waals surface area contributed by atoms with Crippen LogP contribution in [-0.4, -0.2) is 35.1 Å². The molecule has 0 bridgehead atoms. The molecule has 5 nitrogen and oxygen atoms in total. The summed E-state index contributed by atoms with van der Waals surface area (Å²) in [5, 5.41) is 9.00. The second-order valence-electron chi connectivity index (χ2n) is 5.65. The van der Waals surface area contributed by atoms with E-state index in [0.717, 1.165) is 16.9 Å². The fraction of sp³-hybridized carbons (Fsp3) is 0.211. The van der Waals surface area contributed by atoms with E-state index in [1.165, 1.54) is 17.3 Å². The van der Waals surface area contributed by atoms with Crippen molar-refractivity contribution in [3.8, 4) is 5.75 Å². The average Bonchev–Trinajstić information content (AvgIpc) is 2.97. The Hall–Kier alpha value is -2.60. The van der Waals surface area contributed by atoms with Crippen LogP contribution in [0.2, 0.25) is 0 Å². The summed E-state index contributed by atoms with van der Waals surface area (Å²) in [4.78, 5) is 13.8. The highest BCUT2D eigenvalue weighted by molar-refractivity contribution is 8.15. The Balaban J connectivity index is 1.70. The summed E-state index contributed by atoms with van der Waals surface area (Å²) in [6, 6.07) is 15.7. The van der Waals surface area contributed by atoms with Crippen LogP contribution in [0.1, 0.15) is 16.7 Å². The van der Waals surface area contributed by atoms with Crippen LogP contribution >= 0.6 is 11.8 Å². The van der Waals surface area contributed by atoms with Crippen molar-refractivity contribution >= 4 is 29.1 Å². The van der Waals surface area contributed by atoms with Gasteiger partial charge in [-0.15, -0.1) is 5.10 Å². The van der Waals surface area contributed by atoms with E-state index in [1.54, 1.807) is 18.2 Å². The molecule has 1 amide bonds. The average molecular weight is 353 g/mol. The maximum Gasteiger partial charge on any atom is 0.239 e. The van der Waals surface area contributed by atoms with Crippen LogP contribution in [0.5, 0.6) is 5.75 Å². The zero-order valence-electron chi connectivity index (χ0n) is 14.2. The summed E-state index contributed by atoms with van der Waals surface area (Å²) >= 11 is 1.41. The predicted molar refractivity (Wildman–Crippen MR) is 102 cm³/mol. The summed E-state index contributed by atoms with van der Waals surface area (Å²) in [6.07, 6.45) is 1.70. The lowest BCUT2D eigenvalue weighted by Gasteiger charge is -2.15. The van der Waals surface area contributed by atoms with E-state index in [4.69, 9.17) is 4.74 Å². The molecule has 1 fully saturated rings. The first-order valence-corrected chi connectivity index (χ1v) is 8.88. The molecule has 0 aromatic heterocycles. The maximum atomic E-state index is 12.1. The molecule has 2 aromatic carbocycles. The molecule has 1 aliphatic heterocycles. The number of rotatable bonds is 5. The van der Waals surface area contributed by atoms with Gasteiger partial charge in [-0.2, -0.15) is 5.10 Å². The molecular weight excluding hydrogens is 334 g/mol. The molecule has 25 heavy (non-hydrogen) atoms. The van der Waals surface area contributed by atoms with Gasteiger partial charge in [-0.25, -0.2) is 0 Å². The first kappa shape index (κ1) is 17.2. The van der Waals surface area contributed by atoms with Crippen LogP contribution in [0.4, 0.5) is 0 Å². The molecule has 2 aromatic rings. The van der Waals surface area contributed by atoms with E-state index in [2.05, 4.69) is 10.2 Å². The number of amidine groups is 1. The van der Waals surface area contributed by atoms with Gasteiger partial charge < -0.3 is 4.74 Å². The Morgan fingerprint density at radius 1 is 1.16 bits per heavy atom. The molecule has 0 N–H and O–H groups in total. The summed E-state index contributed by atoms with van der Waals surface area (Å²) < 4.78 is 5.16. The van der Waals surface area contributed by atoms with Gasteiger partial charge in [0.2, 0.25) is 5.91 Å². The summed E-state index contributed by atoms with van der Waals surface area (Å²) in [5.74, 6) is 1.24. The van der Waals surface area contributed by atoms with Crippen LogP contribution in [0, 0.1) is 6.92 Å². The number of methoxy groups -OCH3 is 1. The van der Waals surface area contributed by atoms with Crippen molar-refractivity contribution < 1.29 is 9.53 Å². The number of hydrogen-bond acceptors (Lipinski definition) is 5. The lowest BCUT2D eigenvalue weighted by molar-refractivity contribution is -0.124. The number of hydrogen-bond donors (Lipinski definition) is 0. The van der Waals surface area contributed by atoms with Crippen molar-refractivity contribution in [2.45, 2.75) is 13.5 Å². The smallest absolute Gasteiger partial charge is 0.239 e. The SMILES string of the molecule is COc1ccc(CN2C(=O)CSC2=NN=Cc2ccc(C)cc2)cc1. The number of aryl methyl sites for hydroxylation is 1. The van der Waals surface area contributed by atoms with Crippen molar-refractivity contribution in [1.82, 2.24) is 4.90 Å². The molecule has 0 atom stereocenters. The highest BCUT2D eigenvalue weighted by Crippen LogP contribution is 2.23. The molecular formula is C19H19N3O2S. The number of ether oxygens (including phenoxy) is 1. The van der Waals surface area contributed by atoms with Crippen LogP contribution in [0.15, 0.2) is 58.7 Å². The monoisotopic (exact) mass is 353 g/mol. The van der Waals surface area contributed by atoms with Gasteiger partial charge in [0.05, 0.1) is 25.6 Å². The van der Waals surface area contributed by atoms with Gasteiger partial charge in [0.25, 0.3) is 0 Å². The minimum Gasteiger partial charge on any atom is -0.497 e. The standard InChI is InChI=1S/C19H19N3O2S/c1-14-3-5-15(6-4-14)11-20-21-19-22(18(23)13-25-19)12-16-7-9-17(24-2)10-8-16/h3-11H,12-13H2,1-2H3. The zero-order valence-corrected chi connectivity index (χ0v) is 15.0. The molecule has 0 spiro atoms. The lowest BCUT2D eigenvalue weighted by atomic mass is 10.2. The van der Waals surface area contributed by atoms with E-state index in [0.29, 0.717) is 17.5 Å². The summed E-state index contributed by atoms with van der Waals surface area (Å²) in [7, 11) is 1.63. The Morgan fingerprint density at radius 3 is 2.56 bits per heavy atom. The van der Waals surface area contributed by atoms with E-state index in [-0.39, 0.29) is 5.91 Å². The second kappa shape index (κ2) is 7.98. The van der Waals surface area contributed by atoms with Crippen LogP contribution in [0.25, 0.3) is 0 Å². The van der Waals surface area contributed by atoms with E-state index < -0.39 is 0 Å². The number of thioether (sulfide) groups is 1. The normalized spacial score (nSPS) is 16.2. The van der Waals surface area contributed by atoms with Crippen molar-refractivity contribution in [2.75, 3.05) is 12.9 Å². The van der Waals surface area contributed by atoms with Crippen LogP contribution in [0.3, 0.4) is 0 Å². The number of benzene rings is 2. The molecule has 0 saturated carbocycles. The number of carbonyl (C=O) groups excluding carboxylic acids is 1. The first-order valence-electron chi connectivity index (χ1n) is 7.89. The van der Waals surface area contributed by atoms with E-state index >= 15 is 0 Å². The molecule has 3 rings (SSSR count). The van der Waals surface area contributed by atoms with Crippen molar-refractivity contribution in [3.05, 3.63) is 65.2 Å². The first-order chi connectivity index (χ1) is 12.2. The van der Waals surface area contributed by atoms with E-state index in [9.17, 15) is 4.79 Å². The fourth-order valence-corrected chi connectivity index (χ4v) is 3.17. The van der Waals surface area contributed by atoms with Gasteiger partial charge in [-0.3, -0.25) is 9.69 Å². The Kier molecular flexibility index (Phi) is 5.50. The number of nitrogens with zero attached hydrogens (tertiary/aromatic N) is 3. The van der Waals surface area contributed by atoms with Crippen LogP contribution < -0.4 is 4.74 Å². The molecule has 1 heterocycles. The maximum absolute atomic E-state index is 12.1.